The van der Waals surface area contributed by atoms with Gasteiger partial charge >= 0.3 is 0 Å². The molecule has 0 aliphatic carbocycles. The topological polar surface area (TPSA) is 37.4 Å². The normalized spacial score (nSPS) is 16.9. The fourth-order valence-electron chi connectivity index (χ4n) is 1.25. The van der Waals surface area contributed by atoms with E-state index in [0.717, 1.165) is 4.90 Å². The van der Waals surface area contributed by atoms with E-state index in [-0.39, 0.29) is 11.8 Å². The van der Waals surface area contributed by atoms with Gasteiger partial charge < -0.3 is 0 Å². The number of hydrogen-bond acceptors (Lipinski definition) is 2. The largest absolute Gasteiger partial charge is 0.272 e. The van der Waals surface area contributed by atoms with Gasteiger partial charge in [-0.05, 0) is 18.2 Å². The number of hydrogen-bond donors (Lipinski definition) is 0. The van der Waals surface area contributed by atoms with Gasteiger partial charge in [-0.15, -0.1) is 0 Å². The van der Waals surface area contributed by atoms with Gasteiger partial charge in [0.05, 0.1) is 15.7 Å². The van der Waals surface area contributed by atoms with Gasteiger partial charge in [-0.3, -0.25) is 9.59 Å². The van der Waals surface area contributed by atoms with Gasteiger partial charge in [0.15, 0.2) is 4.83 Å². The summed E-state index contributed by atoms with van der Waals surface area (Å²) in [6, 6.07) is 4.60. The van der Waals surface area contributed by atoms with E-state index in [9.17, 15) is 9.59 Å². The van der Waals surface area contributed by atoms with Crippen molar-refractivity contribution in [2.45, 2.75) is 4.83 Å². The average molecular weight is 309 g/mol. The van der Waals surface area contributed by atoms with Crippen LogP contribution in [-0.4, -0.2) is 16.6 Å². The highest BCUT2D eigenvalue weighted by molar-refractivity contribution is 9.10. The lowest BCUT2D eigenvalue weighted by Crippen LogP contribution is -2.59. The summed E-state index contributed by atoms with van der Waals surface area (Å²) < 4.78 is 0. The van der Waals surface area contributed by atoms with E-state index in [1.165, 1.54) is 6.07 Å². The molecule has 1 aliphatic heterocycles. The van der Waals surface area contributed by atoms with Crippen LogP contribution in [0.2, 0.25) is 10.0 Å². The Morgan fingerprint density at radius 1 is 1.13 bits per heavy atom. The van der Waals surface area contributed by atoms with Crippen LogP contribution in [0.3, 0.4) is 0 Å². The SMILES string of the molecule is O=C1C(Br)C(=O)N1c1ccc(Cl)c(Cl)c1. The zero-order valence-corrected chi connectivity index (χ0v) is 10.3. The third-order valence-corrected chi connectivity index (χ3v) is 3.56. The maximum Gasteiger partial charge on any atom is 0.257 e. The molecule has 3 nitrogen and oxygen atoms in total. The summed E-state index contributed by atoms with van der Waals surface area (Å²) in [5, 5.41) is 0.698. The van der Waals surface area contributed by atoms with E-state index in [1.54, 1.807) is 12.1 Å². The summed E-state index contributed by atoms with van der Waals surface area (Å²) in [6.45, 7) is 0. The van der Waals surface area contributed by atoms with Crippen molar-refractivity contribution in [1.82, 2.24) is 0 Å². The van der Waals surface area contributed by atoms with Crippen molar-refractivity contribution in [1.29, 1.82) is 0 Å². The third-order valence-electron chi connectivity index (χ3n) is 2.04. The lowest BCUT2D eigenvalue weighted by Gasteiger charge is -2.32. The number of benzene rings is 1. The Kier molecular flexibility index (Phi) is 2.75. The first-order valence-corrected chi connectivity index (χ1v) is 5.66. The molecule has 0 unspecified atom stereocenters. The van der Waals surface area contributed by atoms with Crippen LogP contribution in [0, 0.1) is 0 Å². The number of β-lactam (4-membered cyclic amide) rings is 2. The molecule has 1 aromatic carbocycles. The van der Waals surface area contributed by atoms with Crippen LogP contribution in [0.5, 0.6) is 0 Å². The lowest BCUT2D eigenvalue weighted by molar-refractivity contribution is -0.135. The molecule has 15 heavy (non-hydrogen) atoms. The molecule has 0 N–H and O–H groups in total. The fraction of sp³-hybridized carbons (Fsp3) is 0.111. The van der Waals surface area contributed by atoms with Crippen LogP contribution < -0.4 is 4.90 Å². The smallest absolute Gasteiger partial charge is 0.257 e. The Morgan fingerprint density at radius 2 is 1.73 bits per heavy atom. The highest BCUT2D eigenvalue weighted by Crippen LogP contribution is 2.32. The number of carbonyl (C=O) groups is 2. The first kappa shape index (κ1) is 10.9. The second kappa shape index (κ2) is 3.77. The number of carbonyl (C=O) groups excluding carboxylic acids is 2. The predicted molar refractivity (Wildman–Crippen MR) is 61.7 cm³/mol. The minimum absolute atomic E-state index is 0.293. The van der Waals surface area contributed by atoms with E-state index >= 15 is 0 Å². The molecular formula is C9H4BrCl2NO2. The second-order valence-electron chi connectivity index (χ2n) is 2.97. The first-order chi connectivity index (χ1) is 7.02. The van der Waals surface area contributed by atoms with Gasteiger partial charge in [0.25, 0.3) is 11.8 Å². The number of nitrogens with zero attached hydrogens (tertiary/aromatic N) is 1. The summed E-state index contributed by atoms with van der Waals surface area (Å²) in [6.07, 6.45) is 0. The van der Waals surface area contributed by atoms with E-state index < -0.39 is 4.83 Å². The average Bonchev–Trinajstić information content (AvgIpc) is 2.23. The summed E-state index contributed by atoms with van der Waals surface area (Å²) in [7, 11) is 0. The van der Waals surface area contributed by atoms with Crippen LogP contribution in [0.15, 0.2) is 18.2 Å². The van der Waals surface area contributed by atoms with Gasteiger partial charge in [0.1, 0.15) is 0 Å². The fourth-order valence-corrected chi connectivity index (χ4v) is 1.96. The van der Waals surface area contributed by atoms with Gasteiger partial charge in [0, 0.05) is 0 Å². The third kappa shape index (κ3) is 1.67. The van der Waals surface area contributed by atoms with Crippen molar-refractivity contribution >= 4 is 56.6 Å². The Hall–Kier alpha value is -0.580. The molecular weight excluding hydrogens is 305 g/mol. The highest BCUT2D eigenvalue weighted by Gasteiger charge is 2.45. The van der Waals surface area contributed by atoms with Crippen LogP contribution in [0.25, 0.3) is 0 Å². The molecule has 0 aromatic heterocycles. The van der Waals surface area contributed by atoms with E-state index in [0.29, 0.717) is 15.7 Å². The molecule has 0 bridgehead atoms. The molecule has 2 amide bonds. The lowest BCUT2D eigenvalue weighted by atomic mass is 10.1. The molecule has 1 aliphatic rings. The molecule has 6 heteroatoms. The van der Waals surface area contributed by atoms with E-state index in [1.807, 2.05) is 0 Å². The number of anilines is 1. The van der Waals surface area contributed by atoms with Crippen molar-refractivity contribution in [2.75, 3.05) is 4.90 Å². The molecule has 0 radical (unpaired) electrons. The van der Waals surface area contributed by atoms with Crippen molar-refractivity contribution in [3.63, 3.8) is 0 Å². The number of imide groups is 1. The van der Waals surface area contributed by atoms with Crippen LogP contribution >= 0.6 is 39.1 Å². The highest BCUT2D eigenvalue weighted by atomic mass is 79.9. The first-order valence-electron chi connectivity index (χ1n) is 3.99. The zero-order valence-electron chi connectivity index (χ0n) is 7.21. The van der Waals surface area contributed by atoms with Crippen molar-refractivity contribution in [2.24, 2.45) is 0 Å². The van der Waals surface area contributed by atoms with Crippen LogP contribution in [0.1, 0.15) is 0 Å². The molecule has 0 atom stereocenters. The Balaban J connectivity index is 2.36. The van der Waals surface area contributed by atoms with Gasteiger partial charge in [-0.2, -0.15) is 0 Å². The number of halogens is 3. The summed E-state index contributed by atoms with van der Waals surface area (Å²) >= 11 is 14.5. The van der Waals surface area contributed by atoms with Gasteiger partial charge in [-0.25, -0.2) is 4.90 Å². The monoisotopic (exact) mass is 307 g/mol. The summed E-state index contributed by atoms with van der Waals surface area (Å²) in [5.41, 5.74) is 0.440. The quantitative estimate of drug-likeness (QED) is 0.454. The van der Waals surface area contributed by atoms with Crippen molar-refractivity contribution in [3.05, 3.63) is 28.2 Å². The Labute approximate surface area is 104 Å². The molecule has 0 saturated carbocycles. The molecule has 78 valence electrons. The molecule has 0 spiro atoms. The minimum atomic E-state index is -0.730. The molecule has 1 saturated heterocycles. The Morgan fingerprint density at radius 3 is 2.27 bits per heavy atom. The Bertz CT molecular complexity index is 447. The molecule has 1 fully saturated rings. The van der Waals surface area contributed by atoms with Gasteiger partial charge in [0.2, 0.25) is 0 Å². The number of amides is 2. The number of alkyl halides is 1. The van der Waals surface area contributed by atoms with Crippen molar-refractivity contribution in [3.8, 4) is 0 Å². The van der Waals surface area contributed by atoms with Crippen LogP contribution in [-0.2, 0) is 9.59 Å². The summed E-state index contributed by atoms with van der Waals surface area (Å²) in [5.74, 6) is -0.586. The maximum atomic E-state index is 11.4. The molecule has 1 aromatic rings. The van der Waals surface area contributed by atoms with E-state index in [2.05, 4.69) is 15.9 Å². The minimum Gasteiger partial charge on any atom is -0.272 e. The number of rotatable bonds is 1. The molecule has 2 rings (SSSR count). The zero-order chi connectivity index (χ0) is 11.2. The maximum absolute atomic E-state index is 11.4. The predicted octanol–water partition coefficient (Wildman–Crippen LogP) is 2.63. The van der Waals surface area contributed by atoms with Crippen molar-refractivity contribution < 1.29 is 9.59 Å². The standard InChI is InChI=1S/C9H4BrCl2NO2/c10-7-8(14)13(9(7)15)4-1-2-5(11)6(12)3-4/h1-3,7H. The second-order valence-corrected chi connectivity index (χ2v) is 4.70. The molecule has 1 heterocycles. The van der Waals surface area contributed by atoms with Crippen LogP contribution in [0.4, 0.5) is 5.69 Å². The van der Waals surface area contributed by atoms with E-state index in [4.69, 9.17) is 23.2 Å². The summed E-state index contributed by atoms with van der Waals surface area (Å²) in [4.78, 5) is 23.0. The van der Waals surface area contributed by atoms with Gasteiger partial charge in [-0.1, -0.05) is 39.1 Å².